The first-order valence-corrected chi connectivity index (χ1v) is 5.22. The number of hydrogen-bond donors (Lipinski definition) is 2. The summed E-state index contributed by atoms with van der Waals surface area (Å²) in [5.74, 6) is 0. The summed E-state index contributed by atoms with van der Waals surface area (Å²) in [6, 6.07) is 4.68. The third kappa shape index (κ3) is 1.98. The molecule has 66 valence electrons. The molecule has 1 aliphatic rings. The molecule has 1 fully saturated rings. The van der Waals surface area contributed by atoms with Crippen molar-refractivity contribution in [2.45, 2.75) is 12.6 Å². The molecule has 0 amide bonds. The van der Waals surface area contributed by atoms with E-state index < -0.39 is 0 Å². The van der Waals surface area contributed by atoms with E-state index in [0.717, 1.165) is 24.0 Å². The van der Waals surface area contributed by atoms with Gasteiger partial charge in [-0.05, 0) is 12.1 Å². The number of rotatable bonds is 3. The van der Waals surface area contributed by atoms with Gasteiger partial charge in [-0.1, -0.05) is 11.6 Å². The topological polar surface area (TPSA) is 24.1 Å². The second kappa shape index (κ2) is 3.75. The highest BCUT2D eigenvalue weighted by Crippen LogP contribution is 2.21. The zero-order chi connectivity index (χ0) is 8.39. The van der Waals surface area contributed by atoms with Crippen LogP contribution < -0.4 is 10.6 Å². The molecule has 0 radical (unpaired) electrons. The van der Waals surface area contributed by atoms with Crippen LogP contribution in [0.4, 0.5) is 0 Å². The van der Waals surface area contributed by atoms with Gasteiger partial charge in [0.15, 0.2) is 0 Å². The van der Waals surface area contributed by atoms with Gasteiger partial charge in [0, 0.05) is 30.6 Å². The van der Waals surface area contributed by atoms with Crippen LogP contribution >= 0.6 is 22.9 Å². The Hall–Kier alpha value is -0.0900. The van der Waals surface area contributed by atoms with Crippen LogP contribution in [0.15, 0.2) is 12.1 Å². The second-order valence-corrected chi connectivity index (χ2v) is 4.74. The molecule has 0 aromatic carbocycles. The molecule has 0 spiro atoms. The van der Waals surface area contributed by atoms with Crippen LogP contribution in [0.3, 0.4) is 0 Å². The summed E-state index contributed by atoms with van der Waals surface area (Å²) < 4.78 is 0.874. The van der Waals surface area contributed by atoms with Crippen molar-refractivity contribution in [3.8, 4) is 0 Å². The molecule has 4 heteroatoms. The lowest BCUT2D eigenvalue weighted by Crippen LogP contribution is -2.54. The van der Waals surface area contributed by atoms with Gasteiger partial charge in [-0.15, -0.1) is 11.3 Å². The third-order valence-corrected chi connectivity index (χ3v) is 3.21. The Morgan fingerprint density at radius 2 is 2.42 bits per heavy atom. The van der Waals surface area contributed by atoms with Gasteiger partial charge in [-0.3, -0.25) is 0 Å². The van der Waals surface area contributed by atoms with Crippen LogP contribution in [0, 0.1) is 0 Å². The summed E-state index contributed by atoms with van der Waals surface area (Å²) in [5, 5.41) is 6.66. The van der Waals surface area contributed by atoms with Crippen molar-refractivity contribution >= 4 is 22.9 Å². The van der Waals surface area contributed by atoms with Crippen LogP contribution in [0.2, 0.25) is 4.34 Å². The summed E-state index contributed by atoms with van der Waals surface area (Å²) in [5.41, 5.74) is 0. The lowest BCUT2D eigenvalue weighted by atomic mass is 10.2. The maximum absolute atomic E-state index is 5.80. The summed E-state index contributed by atoms with van der Waals surface area (Å²) in [6.45, 7) is 3.14. The fourth-order valence-electron chi connectivity index (χ4n) is 1.12. The van der Waals surface area contributed by atoms with Crippen molar-refractivity contribution in [2.24, 2.45) is 0 Å². The Bertz CT molecular complexity index is 257. The minimum absolute atomic E-state index is 0.658. The molecular formula is C8H11ClN2S. The highest BCUT2D eigenvalue weighted by molar-refractivity contribution is 7.16. The summed E-state index contributed by atoms with van der Waals surface area (Å²) in [6.07, 6.45) is 0. The first kappa shape index (κ1) is 8.51. The van der Waals surface area contributed by atoms with Crippen molar-refractivity contribution < 1.29 is 0 Å². The average molecular weight is 203 g/mol. The third-order valence-electron chi connectivity index (χ3n) is 1.98. The number of thiophene rings is 1. The van der Waals surface area contributed by atoms with Crippen molar-refractivity contribution in [3.63, 3.8) is 0 Å². The van der Waals surface area contributed by atoms with Crippen molar-refractivity contribution in [2.75, 3.05) is 13.1 Å². The Labute approximate surface area is 80.9 Å². The van der Waals surface area contributed by atoms with Gasteiger partial charge >= 0.3 is 0 Å². The van der Waals surface area contributed by atoms with E-state index in [0.29, 0.717) is 6.04 Å². The smallest absolute Gasteiger partial charge is 0.0931 e. The Kier molecular flexibility index (Phi) is 2.66. The largest absolute Gasteiger partial charge is 0.314 e. The highest BCUT2D eigenvalue weighted by Gasteiger charge is 2.15. The summed E-state index contributed by atoms with van der Waals surface area (Å²) in [7, 11) is 0. The van der Waals surface area contributed by atoms with Crippen molar-refractivity contribution in [1.29, 1.82) is 0 Å². The molecule has 2 rings (SSSR count). The van der Waals surface area contributed by atoms with E-state index in [1.165, 1.54) is 4.88 Å². The molecule has 2 N–H and O–H groups in total. The molecular weight excluding hydrogens is 192 g/mol. The Balaban J connectivity index is 1.79. The SMILES string of the molecule is Clc1ccc(CNC2CNC2)s1. The molecule has 1 saturated heterocycles. The van der Waals surface area contributed by atoms with E-state index in [1.807, 2.05) is 6.07 Å². The van der Waals surface area contributed by atoms with E-state index in [2.05, 4.69) is 16.7 Å². The van der Waals surface area contributed by atoms with Crippen LogP contribution in [0.5, 0.6) is 0 Å². The van der Waals surface area contributed by atoms with Crippen LogP contribution in [0.25, 0.3) is 0 Å². The lowest BCUT2D eigenvalue weighted by Gasteiger charge is -2.27. The van der Waals surface area contributed by atoms with E-state index in [4.69, 9.17) is 11.6 Å². The van der Waals surface area contributed by atoms with Gasteiger partial charge in [0.25, 0.3) is 0 Å². The monoisotopic (exact) mass is 202 g/mol. The molecule has 0 atom stereocenters. The first-order chi connectivity index (χ1) is 5.84. The second-order valence-electron chi connectivity index (χ2n) is 2.94. The number of nitrogens with one attached hydrogen (secondary N) is 2. The Morgan fingerprint density at radius 1 is 1.58 bits per heavy atom. The highest BCUT2D eigenvalue weighted by atomic mass is 35.5. The van der Waals surface area contributed by atoms with Crippen LogP contribution in [0.1, 0.15) is 4.88 Å². The normalized spacial score (nSPS) is 17.8. The van der Waals surface area contributed by atoms with Gasteiger partial charge in [-0.2, -0.15) is 0 Å². The predicted octanol–water partition coefficient (Wildman–Crippen LogP) is 1.46. The zero-order valence-electron chi connectivity index (χ0n) is 6.64. The molecule has 1 aliphatic heterocycles. The van der Waals surface area contributed by atoms with Crippen LogP contribution in [-0.2, 0) is 6.54 Å². The molecule has 2 heterocycles. The van der Waals surface area contributed by atoms with Crippen molar-refractivity contribution in [3.05, 3.63) is 21.3 Å². The molecule has 12 heavy (non-hydrogen) atoms. The van der Waals surface area contributed by atoms with E-state index in [1.54, 1.807) is 11.3 Å². The quantitative estimate of drug-likeness (QED) is 0.776. The maximum Gasteiger partial charge on any atom is 0.0931 e. The lowest BCUT2D eigenvalue weighted by molar-refractivity contribution is 0.366. The maximum atomic E-state index is 5.80. The van der Waals surface area contributed by atoms with E-state index in [9.17, 15) is 0 Å². The summed E-state index contributed by atoms with van der Waals surface area (Å²) >= 11 is 7.45. The van der Waals surface area contributed by atoms with Gasteiger partial charge < -0.3 is 10.6 Å². The average Bonchev–Trinajstić information content (AvgIpc) is 2.32. The van der Waals surface area contributed by atoms with Gasteiger partial charge in [0.05, 0.1) is 4.34 Å². The fourth-order valence-corrected chi connectivity index (χ4v) is 2.16. The zero-order valence-corrected chi connectivity index (χ0v) is 8.21. The van der Waals surface area contributed by atoms with Gasteiger partial charge in [0.2, 0.25) is 0 Å². The number of hydrogen-bond acceptors (Lipinski definition) is 3. The molecule has 0 unspecified atom stereocenters. The Morgan fingerprint density at radius 3 is 2.92 bits per heavy atom. The molecule has 0 aliphatic carbocycles. The number of halogens is 1. The standard InChI is InChI=1S/C8H11ClN2S/c9-8-2-1-7(12-8)5-11-6-3-10-4-6/h1-2,6,10-11H,3-5H2. The minimum Gasteiger partial charge on any atom is -0.314 e. The van der Waals surface area contributed by atoms with Gasteiger partial charge in [0.1, 0.15) is 0 Å². The summed E-state index contributed by atoms with van der Waals surface area (Å²) in [4.78, 5) is 1.31. The first-order valence-electron chi connectivity index (χ1n) is 4.03. The minimum atomic E-state index is 0.658. The van der Waals surface area contributed by atoms with Gasteiger partial charge in [-0.25, -0.2) is 0 Å². The predicted molar refractivity (Wildman–Crippen MR) is 52.8 cm³/mol. The fraction of sp³-hybridized carbons (Fsp3) is 0.500. The molecule has 0 saturated carbocycles. The molecule has 1 aromatic rings. The molecule has 0 bridgehead atoms. The van der Waals surface area contributed by atoms with Crippen LogP contribution in [-0.4, -0.2) is 19.1 Å². The molecule has 1 aromatic heterocycles. The van der Waals surface area contributed by atoms with E-state index >= 15 is 0 Å². The molecule has 2 nitrogen and oxygen atoms in total. The van der Waals surface area contributed by atoms with Crippen molar-refractivity contribution in [1.82, 2.24) is 10.6 Å². The van der Waals surface area contributed by atoms with E-state index in [-0.39, 0.29) is 0 Å².